The maximum absolute atomic E-state index is 12.7. The van der Waals surface area contributed by atoms with Gasteiger partial charge in [0.05, 0.1) is 18.8 Å². The maximum atomic E-state index is 12.7. The van der Waals surface area contributed by atoms with E-state index in [0.717, 1.165) is 22.1 Å². The Morgan fingerprint density at radius 3 is 2.42 bits per heavy atom. The SMILES string of the molecule is COc1cc2ccccc2cc1C(=O)NCc1cccc(OC(C)C)c1. The van der Waals surface area contributed by atoms with Gasteiger partial charge in [0.25, 0.3) is 5.91 Å². The van der Waals surface area contributed by atoms with Gasteiger partial charge in [-0.2, -0.15) is 0 Å². The van der Waals surface area contributed by atoms with Gasteiger partial charge in [0.15, 0.2) is 0 Å². The van der Waals surface area contributed by atoms with Crippen molar-refractivity contribution in [1.29, 1.82) is 0 Å². The van der Waals surface area contributed by atoms with Gasteiger partial charge in [-0.1, -0.05) is 36.4 Å². The molecule has 1 N–H and O–H groups in total. The second kappa shape index (κ2) is 7.91. The van der Waals surface area contributed by atoms with Crippen molar-refractivity contribution >= 4 is 16.7 Å². The van der Waals surface area contributed by atoms with Crippen LogP contribution in [0, 0.1) is 0 Å². The van der Waals surface area contributed by atoms with Crippen molar-refractivity contribution in [3.05, 3.63) is 71.8 Å². The quantitative estimate of drug-likeness (QED) is 0.709. The lowest BCUT2D eigenvalue weighted by Gasteiger charge is -2.13. The van der Waals surface area contributed by atoms with Gasteiger partial charge in [-0.3, -0.25) is 4.79 Å². The Balaban J connectivity index is 1.77. The molecule has 0 bridgehead atoms. The lowest BCUT2D eigenvalue weighted by atomic mass is 10.1. The summed E-state index contributed by atoms with van der Waals surface area (Å²) in [7, 11) is 1.58. The van der Waals surface area contributed by atoms with Crippen LogP contribution in [0.15, 0.2) is 60.7 Å². The third-order valence-electron chi connectivity index (χ3n) is 4.04. The van der Waals surface area contributed by atoms with Crippen LogP contribution < -0.4 is 14.8 Å². The van der Waals surface area contributed by atoms with Crippen LogP contribution in [0.3, 0.4) is 0 Å². The Morgan fingerprint density at radius 2 is 1.73 bits per heavy atom. The van der Waals surface area contributed by atoms with Gasteiger partial charge >= 0.3 is 0 Å². The lowest BCUT2D eigenvalue weighted by molar-refractivity contribution is 0.0948. The summed E-state index contributed by atoms with van der Waals surface area (Å²) < 4.78 is 11.1. The van der Waals surface area contributed by atoms with Crippen LogP contribution in [-0.4, -0.2) is 19.1 Å². The third-order valence-corrected chi connectivity index (χ3v) is 4.04. The van der Waals surface area contributed by atoms with Crippen molar-refractivity contribution in [2.75, 3.05) is 7.11 Å². The molecule has 0 spiro atoms. The summed E-state index contributed by atoms with van der Waals surface area (Å²) in [5, 5.41) is 5.01. The number of fused-ring (bicyclic) bond motifs is 1. The summed E-state index contributed by atoms with van der Waals surface area (Å²) in [6.07, 6.45) is 0.113. The van der Waals surface area contributed by atoms with E-state index in [9.17, 15) is 4.79 Å². The fourth-order valence-corrected chi connectivity index (χ4v) is 2.84. The fourth-order valence-electron chi connectivity index (χ4n) is 2.84. The summed E-state index contributed by atoms with van der Waals surface area (Å²) in [6, 6.07) is 19.4. The Kier molecular flexibility index (Phi) is 5.42. The number of benzene rings is 3. The van der Waals surface area contributed by atoms with Gasteiger partial charge < -0.3 is 14.8 Å². The molecule has 3 aromatic rings. The Labute approximate surface area is 153 Å². The van der Waals surface area contributed by atoms with Gasteiger partial charge in [-0.25, -0.2) is 0 Å². The summed E-state index contributed by atoms with van der Waals surface area (Å²) >= 11 is 0. The normalized spacial score (nSPS) is 10.8. The minimum absolute atomic E-state index is 0.113. The van der Waals surface area contributed by atoms with E-state index in [0.29, 0.717) is 17.9 Å². The Morgan fingerprint density at radius 1 is 1.00 bits per heavy atom. The molecule has 0 unspecified atom stereocenters. The molecule has 0 radical (unpaired) electrons. The highest BCUT2D eigenvalue weighted by molar-refractivity contribution is 6.01. The summed E-state index contributed by atoms with van der Waals surface area (Å²) in [6.45, 7) is 4.39. The van der Waals surface area contributed by atoms with Gasteiger partial charge in [0.2, 0.25) is 0 Å². The van der Waals surface area contributed by atoms with Crippen molar-refractivity contribution < 1.29 is 14.3 Å². The van der Waals surface area contributed by atoms with E-state index < -0.39 is 0 Å². The number of methoxy groups -OCH3 is 1. The van der Waals surface area contributed by atoms with Crippen molar-refractivity contribution in [3.8, 4) is 11.5 Å². The average Bonchev–Trinajstić information content (AvgIpc) is 2.64. The van der Waals surface area contributed by atoms with E-state index >= 15 is 0 Å². The minimum atomic E-state index is -0.164. The monoisotopic (exact) mass is 349 g/mol. The zero-order valence-electron chi connectivity index (χ0n) is 15.3. The van der Waals surface area contributed by atoms with Crippen LogP contribution in [0.4, 0.5) is 0 Å². The predicted molar refractivity (Wildman–Crippen MR) is 104 cm³/mol. The molecule has 4 heteroatoms. The van der Waals surface area contributed by atoms with Crippen molar-refractivity contribution in [2.24, 2.45) is 0 Å². The van der Waals surface area contributed by atoms with E-state index in [4.69, 9.17) is 9.47 Å². The number of ether oxygens (including phenoxy) is 2. The molecule has 1 amide bonds. The number of carbonyl (C=O) groups excluding carboxylic acids is 1. The molecule has 0 aliphatic rings. The first-order chi connectivity index (χ1) is 12.6. The van der Waals surface area contributed by atoms with Crippen LogP contribution in [0.25, 0.3) is 10.8 Å². The first kappa shape index (κ1) is 17.8. The van der Waals surface area contributed by atoms with Crippen LogP contribution in [0.5, 0.6) is 11.5 Å². The maximum Gasteiger partial charge on any atom is 0.255 e. The summed E-state index contributed by atoms with van der Waals surface area (Å²) in [4.78, 5) is 12.7. The van der Waals surface area contributed by atoms with E-state index in [-0.39, 0.29) is 12.0 Å². The summed E-state index contributed by atoms with van der Waals surface area (Å²) in [5.74, 6) is 1.20. The summed E-state index contributed by atoms with van der Waals surface area (Å²) in [5.41, 5.74) is 1.51. The average molecular weight is 349 g/mol. The smallest absolute Gasteiger partial charge is 0.255 e. The first-order valence-corrected chi connectivity index (χ1v) is 8.67. The standard InChI is InChI=1S/C22H23NO3/c1-15(2)26-19-10-6-7-16(11-19)14-23-22(24)20-12-17-8-4-5-9-18(17)13-21(20)25-3/h4-13,15H,14H2,1-3H3,(H,23,24). The van der Waals surface area contributed by atoms with E-state index in [1.165, 1.54) is 0 Å². The second-order valence-electron chi connectivity index (χ2n) is 6.40. The third kappa shape index (κ3) is 4.14. The minimum Gasteiger partial charge on any atom is -0.496 e. The molecule has 0 aromatic heterocycles. The molecular weight excluding hydrogens is 326 g/mol. The predicted octanol–water partition coefficient (Wildman–Crippen LogP) is 4.57. The molecule has 4 nitrogen and oxygen atoms in total. The van der Waals surface area contributed by atoms with Crippen LogP contribution >= 0.6 is 0 Å². The molecule has 0 saturated heterocycles. The Hall–Kier alpha value is -3.01. The number of carbonyl (C=O) groups is 1. The molecular formula is C22H23NO3. The molecule has 0 aliphatic carbocycles. The number of hydrogen-bond donors (Lipinski definition) is 1. The van der Waals surface area contributed by atoms with Crippen LogP contribution in [0.1, 0.15) is 29.8 Å². The number of nitrogens with one attached hydrogen (secondary N) is 1. The topological polar surface area (TPSA) is 47.6 Å². The van der Waals surface area contributed by atoms with Crippen molar-refractivity contribution in [2.45, 2.75) is 26.5 Å². The van der Waals surface area contributed by atoms with Crippen molar-refractivity contribution in [3.63, 3.8) is 0 Å². The lowest BCUT2D eigenvalue weighted by Crippen LogP contribution is -2.23. The van der Waals surface area contributed by atoms with Crippen molar-refractivity contribution in [1.82, 2.24) is 5.32 Å². The number of amides is 1. The van der Waals surface area contributed by atoms with Gasteiger partial charge in [-0.15, -0.1) is 0 Å². The van der Waals surface area contributed by atoms with Gasteiger partial charge in [-0.05, 0) is 54.4 Å². The van der Waals surface area contributed by atoms with Gasteiger partial charge in [0.1, 0.15) is 11.5 Å². The highest BCUT2D eigenvalue weighted by atomic mass is 16.5. The molecule has 0 atom stereocenters. The second-order valence-corrected chi connectivity index (χ2v) is 6.40. The fraction of sp³-hybridized carbons (Fsp3) is 0.227. The van der Waals surface area contributed by atoms with Crippen LogP contribution in [0.2, 0.25) is 0 Å². The number of rotatable bonds is 6. The molecule has 0 fully saturated rings. The van der Waals surface area contributed by atoms with E-state index in [1.54, 1.807) is 7.11 Å². The highest BCUT2D eigenvalue weighted by Gasteiger charge is 2.13. The molecule has 3 aromatic carbocycles. The Bertz CT molecular complexity index is 918. The largest absolute Gasteiger partial charge is 0.496 e. The first-order valence-electron chi connectivity index (χ1n) is 8.67. The molecule has 26 heavy (non-hydrogen) atoms. The highest BCUT2D eigenvalue weighted by Crippen LogP contribution is 2.26. The van der Waals surface area contributed by atoms with Gasteiger partial charge in [0, 0.05) is 6.54 Å². The zero-order valence-corrected chi connectivity index (χ0v) is 15.3. The molecule has 3 rings (SSSR count). The molecule has 0 saturated carbocycles. The number of hydrogen-bond acceptors (Lipinski definition) is 3. The van der Waals surface area contributed by atoms with Crippen LogP contribution in [-0.2, 0) is 6.54 Å². The molecule has 0 aliphatic heterocycles. The molecule has 134 valence electrons. The van der Waals surface area contributed by atoms with E-state index in [2.05, 4.69) is 5.32 Å². The molecule has 0 heterocycles. The zero-order chi connectivity index (χ0) is 18.5. The van der Waals surface area contributed by atoms with E-state index in [1.807, 2.05) is 74.5 Å².